The van der Waals surface area contributed by atoms with Crippen molar-refractivity contribution >= 4 is 46.3 Å². The fourth-order valence-corrected chi connectivity index (χ4v) is 7.20. The molecule has 164 valence electrons. The van der Waals surface area contributed by atoms with E-state index in [0.29, 0.717) is 10.7 Å². The van der Waals surface area contributed by atoms with Crippen LogP contribution in [0.15, 0.2) is 64.4 Å². The van der Waals surface area contributed by atoms with E-state index in [1.807, 2.05) is 30.3 Å². The first-order valence-corrected chi connectivity index (χ1v) is 12.4. The highest BCUT2D eigenvalue weighted by atomic mass is 32.2. The lowest BCUT2D eigenvalue weighted by Gasteiger charge is -2.30. The first kappa shape index (κ1) is 21.0. The zero-order valence-electron chi connectivity index (χ0n) is 17.8. The number of hydrogen-bond donors (Lipinski definition) is 1. The number of rotatable bonds is 5. The van der Waals surface area contributed by atoms with Crippen molar-refractivity contribution in [1.82, 2.24) is 4.98 Å². The van der Waals surface area contributed by atoms with Gasteiger partial charge in [-0.25, -0.2) is 4.90 Å². The molecule has 5 rings (SSSR count). The first-order valence-electron chi connectivity index (χ1n) is 10.7. The van der Waals surface area contributed by atoms with E-state index in [-0.39, 0.29) is 22.6 Å². The van der Waals surface area contributed by atoms with E-state index in [1.54, 1.807) is 12.1 Å². The van der Waals surface area contributed by atoms with Crippen molar-refractivity contribution in [2.24, 2.45) is 5.92 Å². The van der Waals surface area contributed by atoms with Crippen molar-refractivity contribution in [3.05, 3.63) is 74.7 Å². The molecule has 6 nitrogen and oxygen atoms in total. The molecule has 32 heavy (non-hydrogen) atoms. The van der Waals surface area contributed by atoms with Crippen molar-refractivity contribution in [2.45, 2.75) is 30.0 Å². The minimum absolute atomic E-state index is 0.160. The quantitative estimate of drug-likeness (QED) is 0.575. The molecule has 1 aromatic heterocycles. The maximum atomic E-state index is 13.6. The number of para-hydroxylation sites is 1. The number of nitrogens with zero attached hydrogens (tertiary/aromatic N) is 2. The Hall–Kier alpha value is -2.84. The number of aromatic nitrogens is 1. The molecule has 0 spiro atoms. The van der Waals surface area contributed by atoms with E-state index in [4.69, 9.17) is 0 Å². The van der Waals surface area contributed by atoms with Crippen molar-refractivity contribution in [3.8, 4) is 0 Å². The van der Waals surface area contributed by atoms with Crippen molar-refractivity contribution in [2.75, 3.05) is 22.9 Å². The summed E-state index contributed by atoms with van der Waals surface area (Å²) in [6.07, 6.45) is 0. The Morgan fingerprint density at radius 3 is 2.28 bits per heavy atom. The van der Waals surface area contributed by atoms with Crippen LogP contribution in [0.25, 0.3) is 0 Å². The summed E-state index contributed by atoms with van der Waals surface area (Å²) in [5, 5.41) is 0.142. The number of H-pyrrole nitrogens is 1. The minimum atomic E-state index is -0.562. The minimum Gasteiger partial charge on any atom is -0.372 e. The molecule has 2 aliphatic heterocycles. The van der Waals surface area contributed by atoms with Gasteiger partial charge in [0.25, 0.3) is 0 Å². The normalized spacial score (nSPS) is 22.1. The second-order valence-electron chi connectivity index (χ2n) is 7.86. The number of nitrogens with one attached hydrogen (secondary N) is 1. The fraction of sp³-hybridized carbons (Fsp3) is 0.292. The predicted octanol–water partition coefficient (Wildman–Crippen LogP) is 4.08. The van der Waals surface area contributed by atoms with Crippen molar-refractivity contribution in [1.29, 1.82) is 0 Å². The van der Waals surface area contributed by atoms with E-state index >= 15 is 0 Å². The summed E-state index contributed by atoms with van der Waals surface area (Å²) >= 11 is 2.44. The van der Waals surface area contributed by atoms with Crippen LogP contribution in [0, 0.1) is 5.92 Å². The highest BCUT2D eigenvalue weighted by Gasteiger charge is 2.56. The molecule has 2 aliphatic rings. The number of fused-ring (bicyclic) bond motifs is 2. The van der Waals surface area contributed by atoms with Gasteiger partial charge in [0.2, 0.25) is 11.8 Å². The van der Waals surface area contributed by atoms with Crippen molar-refractivity contribution in [3.63, 3.8) is 0 Å². The van der Waals surface area contributed by atoms with Crippen LogP contribution in [0.4, 0.5) is 11.4 Å². The molecule has 3 aromatic rings. The Balaban J connectivity index is 1.59. The number of anilines is 2. The number of hydrogen-bond acceptors (Lipinski definition) is 6. The Morgan fingerprint density at radius 2 is 1.62 bits per heavy atom. The molecule has 1 saturated heterocycles. The number of carbonyl (C=O) groups is 2. The van der Waals surface area contributed by atoms with Gasteiger partial charge < -0.3 is 9.88 Å². The summed E-state index contributed by atoms with van der Waals surface area (Å²) in [6, 6.07) is 17.2. The van der Waals surface area contributed by atoms with Gasteiger partial charge in [0.15, 0.2) is 0 Å². The fourth-order valence-electron chi connectivity index (χ4n) is 4.69. The van der Waals surface area contributed by atoms with Gasteiger partial charge in [-0.1, -0.05) is 53.4 Å². The van der Waals surface area contributed by atoms with Crippen LogP contribution < -0.4 is 14.7 Å². The van der Waals surface area contributed by atoms with Gasteiger partial charge in [-0.3, -0.25) is 14.4 Å². The molecule has 8 heteroatoms. The molecule has 3 heterocycles. The van der Waals surface area contributed by atoms with E-state index in [0.717, 1.165) is 40.6 Å². The smallest absolute Gasteiger partial charge is 0.305 e. The number of benzene rings is 2. The summed E-state index contributed by atoms with van der Waals surface area (Å²) in [4.78, 5) is 46.3. The van der Waals surface area contributed by atoms with Gasteiger partial charge in [0.1, 0.15) is 5.25 Å². The molecule has 3 unspecified atom stereocenters. The van der Waals surface area contributed by atoms with Crippen LogP contribution in [0.5, 0.6) is 0 Å². The summed E-state index contributed by atoms with van der Waals surface area (Å²) in [5.41, 5.74) is 2.65. The molecule has 0 aliphatic carbocycles. The van der Waals surface area contributed by atoms with Crippen LogP contribution in [-0.4, -0.2) is 35.1 Å². The van der Waals surface area contributed by atoms with Gasteiger partial charge in [0.05, 0.1) is 16.6 Å². The summed E-state index contributed by atoms with van der Waals surface area (Å²) in [7, 11) is 0. The van der Waals surface area contributed by atoms with Gasteiger partial charge in [-0.05, 0) is 43.7 Å². The molecule has 2 amide bonds. The van der Waals surface area contributed by atoms with Gasteiger partial charge in [-0.15, -0.1) is 0 Å². The van der Waals surface area contributed by atoms with E-state index in [2.05, 4.69) is 35.9 Å². The molecule has 1 fully saturated rings. The lowest BCUT2D eigenvalue weighted by Crippen LogP contribution is -2.32. The molecule has 1 N–H and O–H groups in total. The Labute approximate surface area is 194 Å². The number of carbonyl (C=O) groups excluding carboxylic acids is 2. The maximum absolute atomic E-state index is 13.6. The number of imide groups is 1. The second-order valence-corrected chi connectivity index (χ2v) is 10.0. The molecular formula is C24H23N3O3S2. The van der Waals surface area contributed by atoms with E-state index in [9.17, 15) is 14.4 Å². The van der Waals surface area contributed by atoms with Crippen LogP contribution in [0.1, 0.15) is 30.2 Å². The third-order valence-corrected chi connectivity index (χ3v) is 8.62. The zero-order chi connectivity index (χ0) is 22.4. The average Bonchev–Trinajstić information content (AvgIpc) is 3.30. The molecule has 0 saturated carbocycles. The molecule has 0 bridgehead atoms. The van der Waals surface area contributed by atoms with Crippen LogP contribution >= 0.6 is 23.1 Å². The van der Waals surface area contributed by atoms with Gasteiger partial charge >= 0.3 is 4.87 Å². The monoisotopic (exact) mass is 465 g/mol. The predicted molar refractivity (Wildman–Crippen MR) is 129 cm³/mol. The molecular weight excluding hydrogens is 442 g/mol. The maximum Gasteiger partial charge on any atom is 0.305 e. The third-order valence-electron chi connectivity index (χ3n) is 6.22. The topological polar surface area (TPSA) is 73.5 Å². The van der Waals surface area contributed by atoms with Crippen molar-refractivity contribution < 1.29 is 9.59 Å². The zero-order valence-corrected chi connectivity index (χ0v) is 19.4. The SMILES string of the molecule is CCN(CC)c1ccc(C2c3sc(=O)[nH]c3SC3C(=O)N(c4ccccc4)C(=O)C32)cc1. The molecule has 3 atom stereocenters. The highest BCUT2D eigenvalue weighted by Crippen LogP contribution is 2.53. The van der Waals surface area contributed by atoms with Gasteiger partial charge in [0, 0.05) is 29.6 Å². The number of thiazole rings is 1. The lowest BCUT2D eigenvalue weighted by molar-refractivity contribution is -0.122. The first-order chi connectivity index (χ1) is 15.5. The number of amides is 2. The summed E-state index contributed by atoms with van der Waals surface area (Å²) in [6.45, 7) is 6.04. The Bertz CT molecular complexity index is 1220. The third kappa shape index (κ3) is 3.29. The van der Waals surface area contributed by atoms with Crippen LogP contribution in [-0.2, 0) is 9.59 Å². The lowest BCUT2D eigenvalue weighted by atomic mass is 9.83. The number of thioether (sulfide) groups is 1. The van der Waals surface area contributed by atoms with E-state index < -0.39 is 11.2 Å². The second kappa shape index (κ2) is 8.26. The molecule has 0 radical (unpaired) electrons. The van der Waals surface area contributed by atoms with E-state index in [1.165, 1.54) is 16.7 Å². The highest BCUT2D eigenvalue weighted by molar-refractivity contribution is 8.00. The molecule has 2 aromatic carbocycles. The standard InChI is InChI=1S/C24H23N3O3S2/c1-3-26(4-2)15-12-10-14(11-13-15)17-18-20(31-21-19(17)32-24(30)25-21)23(29)27(22(18)28)16-8-6-5-7-9-16/h5-13,17-18,20H,3-4H2,1-2H3,(H,25,30). The largest absolute Gasteiger partial charge is 0.372 e. The van der Waals surface area contributed by atoms with Crippen LogP contribution in [0.2, 0.25) is 0 Å². The number of aromatic amines is 1. The Morgan fingerprint density at radius 1 is 0.938 bits per heavy atom. The van der Waals surface area contributed by atoms with Crippen LogP contribution in [0.3, 0.4) is 0 Å². The van der Waals surface area contributed by atoms with Gasteiger partial charge in [-0.2, -0.15) is 0 Å². The average molecular weight is 466 g/mol. The summed E-state index contributed by atoms with van der Waals surface area (Å²) in [5.74, 6) is -1.32. The summed E-state index contributed by atoms with van der Waals surface area (Å²) < 4.78 is 0. The Kier molecular flexibility index (Phi) is 5.43.